The van der Waals surface area contributed by atoms with Gasteiger partial charge in [0.25, 0.3) is 0 Å². The SMILES string of the molecule is CC(C)C(C)c1cccc2cc(N3CCC(F)C3)ncc12. The molecular formula is C18H23FN2. The standard InChI is InChI=1S/C18H23FN2/c1-12(2)13(3)16-6-4-5-14-9-18(20-10-17(14)16)21-8-7-15(19)11-21/h4-6,9-10,12-13,15H,7-8,11H2,1-3H3. The van der Waals surface area contributed by atoms with E-state index in [-0.39, 0.29) is 0 Å². The third kappa shape index (κ3) is 2.74. The Hall–Kier alpha value is -1.64. The van der Waals surface area contributed by atoms with Crippen molar-refractivity contribution in [1.82, 2.24) is 4.98 Å². The smallest absolute Gasteiger partial charge is 0.129 e. The van der Waals surface area contributed by atoms with Gasteiger partial charge in [-0.2, -0.15) is 0 Å². The first-order valence-electron chi connectivity index (χ1n) is 7.84. The molecule has 0 bridgehead atoms. The summed E-state index contributed by atoms with van der Waals surface area (Å²) < 4.78 is 13.4. The Morgan fingerprint density at radius 2 is 2.10 bits per heavy atom. The molecule has 1 aliphatic heterocycles. The number of hydrogen-bond donors (Lipinski definition) is 0. The van der Waals surface area contributed by atoms with Crippen LogP contribution in [0, 0.1) is 5.92 Å². The minimum absolute atomic E-state index is 0.473. The maximum absolute atomic E-state index is 13.4. The predicted molar refractivity (Wildman–Crippen MR) is 86.7 cm³/mol. The first-order valence-corrected chi connectivity index (χ1v) is 7.84. The van der Waals surface area contributed by atoms with Crippen LogP contribution >= 0.6 is 0 Å². The van der Waals surface area contributed by atoms with Crippen molar-refractivity contribution in [2.24, 2.45) is 5.92 Å². The highest BCUT2D eigenvalue weighted by Crippen LogP contribution is 2.32. The highest BCUT2D eigenvalue weighted by molar-refractivity contribution is 5.87. The summed E-state index contributed by atoms with van der Waals surface area (Å²) >= 11 is 0. The largest absolute Gasteiger partial charge is 0.354 e. The van der Waals surface area contributed by atoms with Gasteiger partial charge in [-0.1, -0.05) is 39.0 Å². The van der Waals surface area contributed by atoms with Crippen LogP contribution in [0.1, 0.15) is 38.7 Å². The van der Waals surface area contributed by atoms with Crippen molar-refractivity contribution >= 4 is 16.6 Å². The summed E-state index contributed by atoms with van der Waals surface area (Å²) in [7, 11) is 0. The number of pyridine rings is 1. The zero-order chi connectivity index (χ0) is 15.0. The van der Waals surface area contributed by atoms with Crippen molar-refractivity contribution in [2.45, 2.75) is 39.3 Å². The quantitative estimate of drug-likeness (QED) is 0.823. The monoisotopic (exact) mass is 286 g/mol. The lowest BCUT2D eigenvalue weighted by Crippen LogP contribution is -2.20. The summed E-state index contributed by atoms with van der Waals surface area (Å²) in [5, 5.41) is 2.42. The summed E-state index contributed by atoms with van der Waals surface area (Å²) in [4.78, 5) is 6.63. The van der Waals surface area contributed by atoms with Gasteiger partial charge in [0.15, 0.2) is 0 Å². The van der Waals surface area contributed by atoms with Crippen molar-refractivity contribution in [2.75, 3.05) is 18.0 Å². The van der Waals surface area contributed by atoms with E-state index in [4.69, 9.17) is 0 Å². The fourth-order valence-electron chi connectivity index (χ4n) is 3.04. The Kier molecular flexibility index (Phi) is 3.83. The average molecular weight is 286 g/mol. The van der Waals surface area contributed by atoms with Gasteiger partial charge in [-0.25, -0.2) is 9.37 Å². The van der Waals surface area contributed by atoms with E-state index >= 15 is 0 Å². The van der Waals surface area contributed by atoms with Crippen LogP contribution in [0.3, 0.4) is 0 Å². The number of hydrogen-bond acceptors (Lipinski definition) is 2. The van der Waals surface area contributed by atoms with Crippen molar-refractivity contribution < 1.29 is 4.39 Å². The van der Waals surface area contributed by atoms with Crippen molar-refractivity contribution in [3.8, 4) is 0 Å². The molecule has 1 saturated heterocycles. The minimum Gasteiger partial charge on any atom is -0.354 e. The molecule has 1 aromatic carbocycles. The van der Waals surface area contributed by atoms with Gasteiger partial charge in [-0.05, 0) is 35.3 Å². The van der Waals surface area contributed by atoms with Crippen molar-refractivity contribution in [1.29, 1.82) is 0 Å². The number of alkyl halides is 1. The molecule has 0 saturated carbocycles. The van der Waals surface area contributed by atoms with E-state index in [2.05, 4.69) is 50.0 Å². The number of benzene rings is 1. The van der Waals surface area contributed by atoms with Crippen molar-refractivity contribution in [3.63, 3.8) is 0 Å². The Labute approximate surface area is 126 Å². The molecule has 0 spiro atoms. The number of anilines is 1. The van der Waals surface area contributed by atoms with E-state index in [1.807, 2.05) is 11.1 Å². The second kappa shape index (κ2) is 5.63. The second-order valence-corrected chi connectivity index (χ2v) is 6.48. The molecule has 3 rings (SSSR count). The molecule has 2 heterocycles. The number of fused-ring (bicyclic) bond motifs is 1. The average Bonchev–Trinajstić information content (AvgIpc) is 2.91. The van der Waals surface area contributed by atoms with Gasteiger partial charge in [0, 0.05) is 18.1 Å². The first-order chi connectivity index (χ1) is 10.1. The van der Waals surface area contributed by atoms with Crippen LogP contribution in [0.5, 0.6) is 0 Å². The van der Waals surface area contributed by atoms with Crippen LogP contribution in [-0.2, 0) is 0 Å². The van der Waals surface area contributed by atoms with E-state index in [1.54, 1.807) is 0 Å². The summed E-state index contributed by atoms with van der Waals surface area (Å²) in [6, 6.07) is 8.54. The Morgan fingerprint density at radius 1 is 1.29 bits per heavy atom. The van der Waals surface area contributed by atoms with Crippen LogP contribution in [0.15, 0.2) is 30.5 Å². The highest BCUT2D eigenvalue weighted by Gasteiger charge is 2.23. The normalized spacial score (nSPS) is 20.4. The van der Waals surface area contributed by atoms with E-state index in [0.717, 1.165) is 12.4 Å². The lowest BCUT2D eigenvalue weighted by atomic mass is 9.87. The molecule has 2 atom stereocenters. The van der Waals surface area contributed by atoms with Crippen molar-refractivity contribution in [3.05, 3.63) is 36.0 Å². The Bertz CT molecular complexity index is 638. The molecule has 112 valence electrons. The molecule has 21 heavy (non-hydrogen) atoms. The fourth-order valence-corrected chi connectivity index (χ4v) is 3.04. The predicted octanol–water partition coefficient (Wildman–Crippen LogP) is 4.54. The Morgan fingerprint density at radius 3 is 2.76 bits per heavy atom. The van der Waals surface area contributed by atoms with Gasteiger partial charge in [0.1, 0.15) is 12.0 Å². The van der Waals surface area contributed by atoms with Gasteiger partial charge in [-0.3, -0.25) is 0 Å². The molecular weight excluding hydrogens is 263 g/mol. The van der Waals surface area contributed by atoms with Gasteiger partial charge in [0.05, 0.1) is 6.54 Å². The molecule has 3 heteroatoms. The molecule has 2 aromatic rings. The summed E-state index contributed by atoms with van der Waals surface area (Å²) in [6.07, 6.45) is 1.86. The van der Waals surface area contributed by atoms with E-state index in [9.17, 15) is 4.39 Å². The molecule has 0 aliphatic carbocycles. The number of nitrogens with zero attached hydrogens (tertiary/aromatic N) is 2. The van der Waals surface area contributed by atoms with Crippen LogP contribution in [0.25, 0.3) is 10.8 Å². The summed E-state index contributed by atoms with van der Waals surface area (Å²) in [5.41, 5.74) is 1.35. The highest BCUT2D eigenvalue weighted by atomic mass is 19.1. The molecule has 1 aliphatic rings. The van der Waals surface area contributed by atoms with E-state index < -0.39 is 6.17 Å². The Balaban J connectivity index is 2.00. The van der Waals surface area contributed by atoms with Gasteiger partial charge < -0.3 is 4.90 Å². The van der Waals surface area contributed by atoms with E-state index in [1.165, 1.54) is 16.3 Å². The maximum atomic E-state index is 13.4. The molecule has 1 fully saturated rings. The number of aromatic nitrogens is 1. The van der Waals surface area contributed by atoms with Gasteiger partial charge in [0.2, 0.25) is 0 Å². The van der Waals surface area contributed by atoms with E-state index in [0.29, 0.717) is 24.8 Å². The third-order valence-corrected chi connectivity index (χ3v) is 4.73. The number of rotatable bonds is 3. The summed E-state index contributed by atoms with van der Waals surface area (Å²) in [5.74, 6) is 2.00. The van der Waals surface area contributed by atoms with Gasteiger partial charge in [-0.15, -0.1) is 0 Å². The molecule has 0 N–H and O–H groups in total. The number of halogens is 1. The third-order valence-electron chi connectivity index (χ3n) is 4.73. The zero-order valence-corrected chi connectivity index (χ0v) is 13.0. The first kappa shape index (κ1) is 14.3. The zero-order valence-electron chi connectivity index (χ0n) is 13.0. The second-order valence-electron chi connectivity index (χ2n) is 6.48. The molecule has 0 amide bonds. The van der Waals surface area contributed by atoms with Crippen LogP contribution in [-0.4, -0.2) is 24.2 Å². The maximum Gasteiger partial charge on any atom is 0.129 e. The van der Waals surface area contributed by atoms with Crippen LogP contribution < -0.4 is 4.90 Å². The lowest BCUT2D eigenvalue weighted by molar-refractivity contribution is 0.364. The molecule has 1 aromatic heterocycles. The lowest BCUT2D eigenvalue weighted by Gasteiger charge is -2.20. The summed E-state index contributed by atoms with van der Waals surface area (Å²) in [6.45, 7) is 8.00. The molecule has 0 radical (unpaired) electrons. The fraction of sp³-hybridized carbons (Fsp3) is 0.500. The van der Waals surface area contributed by atoms with Crippen LogP contribution in [0.4, 0.5) is 10.2 Å². The molecule has 2 unspecified atom stereocenters. The van der Waals surface area contributed by atoms with Crippen LogP contribution in [0.2, 0.25) is 0 Å². The molecule has 2 nitrogen and oxygen atoms in total. The minimum atomic E-state index is -0.713. The van der Waals surface area contributed by atoms with Gasteiger partial charge >= 0.3 is 0 Å². The topological polar surface area (TPSA) is 16.1 Å².